The van der Waals surface area contributed by atoms with Crippen LogP contribution in [0, 0.1) is 13.8 Å². The van der Waals surface area contributed by atoms with Gasteiger partial charge in [-0.15, -0.1) is 0 Å². The van der Waals surface area contributed by atoms with Crippen LogP contribution in [-0.2, 0) is 17.8 Å². The van der Waals surface area contributed by atoms with Crippen LogP contribution < -0.4 is 4.90 Å². The lowest BCUT2D eigenvalue weighted by Gasteiger charge is -2.31. The molecule has 186 valence electrons. The van der Waals surface area contributed by atoms with Gasteiger partial charge in [-0.3, -0.25) is 4.79 Å². The Morgan fingerprint density at radius 2 is 1.65 bits per heavy atom. The summed E-state index contributed by atoms with van der Waals surface area (Å²) in [6, 6.07) is 10.1. The summed E-state index contributed by atoms with van der Waals surface area (Å²) in [7, 11) is 2.06. The van der Waals surface area contributed by atoms with E-state index in [1.807, 2.05) is 4.57 Å². The predicted octanol–water partition coefficient (Wildman–Crippen LogP) is 6.35. The Kier molecular flexibility index (Phi) is 8.83. The molecule has 0 spiro atoms. The zero-order chi connectivity index (χ0) is 25.8. The Hall–Kier alpha value is -2.93. The molecule has 2 N–H and O–H groups in total. The van der Waals surface area contributed by atoms with Gasteiger partial charge in [-0.25, -0.2) is 8.78 Å². The number of aliphatic hydroxyl groups is 1. The van der Waals surface area contributed by atoms with E-state index in [4.69, 9.17) is 15.0 Å². The van der Waals surface area contributed by atoms with Crippen molar-refractivity contribution in [3.05, 3.63) is 52.7 Å². The van der Waals surface area contributed by atoms with Gasteiger partial charge < -0.3 is 19.7 Å². The summed E-state index contributed by atoms with van der Waals surface area (Å²) in [5.41, 5.74) is 7.57. The molecule has 2 heterocycles. The molecule has 1 aliphatic heterocycles. The van der Waals surface area contributed by atoms with Crippen molar-refractivity contribution in [2.75, 3.05) is 18.5 Å². The largest absolute Gasteiger partial charge is 0.483 e. The number of aryl methyl sites for hydroxylation is 1. The molecule has 0 bridgehead atoms. The van der Waals surface area contributed by atoms with Crippen LogP contribution in [0.3, 0.4) is 0 Å². The molecule has 0 unspecified atom stereocenters. The monoisotopic (exact) mass is 474 g/mol. The lowest BCUT2D eigenvalue weighted by atomic mass is 9.89. The quantitative estimate of drug-likeness (QED) is 0.434. The highest BCUT2D eigenvalue weighted by Gasteiger charge is 2.29. The number of aromatic nitrogens is 1. The van der Waals surface area contributed by atoms with Gasteiger partial charge >= 0.3 is 0 Å². The van der Waals surface area contributed by atoms with E-state index in [2.05, 4.69) is 57.0 Å². The van der Waals surface area contributed by atoms with Gasteiger partial charge in [-0.1, -0.05) is 36.8 Å². The molecule has 0 saturated carbocycles. The minimum absolute atomic E-state index is 0.135. The summed E-state index contributed by atoms with van der Waals surface area (Å²) >= 11 is 0. The smallest absolute Gasteiger partial charge is 0.290 e. The number of anilines is 1. The predicted molar refractivity (Wildman–Crippen MR) is 135 cm³/mol. The number of hydrogen-bond acceptors (Lipinski definition) is 3. The molecular formula is C27H36F2N2O3. The number of nitrogens with zero attached hydrogens (tertiary/aromatic N) is 2. The van der Waals surface area contributed by atoms with Crippen molar-refractivity contribution in [2.24, 2.45) is 0 Å². The average molecular weight is 475 g/mol. The van der Waals surface area contributed by atoms with E-state index in [0.717, 1.165) is 40.7 Å². The van der Waals surface area contributed by atoms with Gasteiger partial charge in [-0.2, -0.15) is 0 Å². The van der Waals surface area contributed by atoms with Crippen molar-refractivity contribution >= 4 is 23.1 Å². The summed E-state index contributed by atoms with van der Waals surface area (Å²) in [6.07, 6.45) is -1.59. The molecule has 0 atom stereocenters. The Bertz CT molecular complexity index is 1120. The zero-order valence-corrected chi connectivity index (χ0v) is 21.1. The Balaban J connectivity index is 0.000000447. The van der Waals surface area contributed by atoms with Crippen LogP contribution in [0.15, 0.2) is 30.3 Å². The summed E-state index contributed by atoms with van der Waals surface area (Å²) in [4.78, 5) is 10.6. The van der Waals surface area contributed by atoms with Crippen molar-refractivity contribution in [1.82, 2.24) is 4.57 Å². The Labute approximate surface area is 200 Å². The van der Waals surface area contributed by atoms with Gasteiger partial charge in [0.1, 0.15) is 0 Å². The van der Waals surface area contributed by atoms with E-state index < -0.39 is 12.0 Å². The highest BCUT2D eigenvalue weighted by Crippen LogP contribution is 2.45. The van der Waals surface area contributed by atoms with Gasteiger partial charge in [-0.05, 0) is 69.4 Å². The first-order valence-corrected chi connectivity index (χ1v) is 11.4. The van der Waals surface area contributed by atoms with Crippen LogP contribution in [0.4, 0.5) is 14.5 Å². The maximum atomic E-state index is 13.7. The average Bonchev–Trinajstić information content (AvgIpc) is 3.11. The normalized spacial score (nSPS) is 12.7. The van der Waals surface area contributed by atoms with Crippen molar-refractivity contribution in [3.8, 4) is 11.1 Å². The molecule has 0 radical (unpaired) electrons. The molecule has 5 nitrogen and oxygen atoms in total. The fourth-order valence-corrected chi connectivity index (χ4v) is 4.43. The fourth-order valence-electron chi connectivity index (χ4n) is 4.43. The number of benzene rings is 2. The van der Waals surface area contributed by atoms with E-state index in [0.29, 0.717) is 6.54 Å². The van der Waals surface area contributed by atoms with Gasteiger partial charge in [0, 0.05) is 25.5 Å². The molecule has 2 aromatic carbocycles. The van der Waals surface area contributed by atoms with Gasteiger partial charge in [0.15, 0.2) is 0 Å². The van der Waals surface area contributed by atoms with E-state index in [1.165, 1.54) is 16.7 Å². The van der Waals surface area contributed by atoms with Crippen LogP contribution in [0.5, 0.6) is 0 Å². The Morgan fingerprint density at radius 3 is 2.12 bits per heavy atom. The molecule has 1 aromatic heterocycles. The number of alkyl halides is 2. The zero-order valence-electron chi connectivity index (χ0n) is 21.1. The molecule has 34 heavy (non-hydrogen) atoms. The first-order chi connectivity index (χ1) is 15.8. The number of rotatable bonds is 3. The molecule has 0 amide bonds. The molecule has 7 heteroatoms. The maximum absolute atomic E-state index is 13.7. The summed E-state index contributed by atoms with van der Waals surface area (Å²) in [5.74, 6) is 0. The van der Waals surface area contributed by atoms with Crippen LogP contribution in [0.1, 0.15) is 56.5 Å². The standard InChI is InChI=1S/C22H24F2N2.C4H10O.CH2O2/c1-5-16-14(3)20-21-17(19(16)15-8-6-13(2)7-9-15)12-18(22(23)24)26(21)11-10-25(20)4;1-4(2,3)5;2-1-3/h6-9,12,22H,5,10-11H2,1-4H3;5H,1-3H3;1H,(H,2,3). The van der Waals surface area contributed by atoms with Gasteiger partial charge in [0.2, 0.25) is 0 Å². The van der Waals surface area contributed by atoms with Crippen molar-refractivity contribution in [3.63, 3.8) is 0 Å². The van der Waals surface area contributed by atoms with Crippen molar-refractivity contribution in [1.29, 1.82) is 0 Å². The molecule has 0 saturated heterocycles. The van der Waals surface area contributed by atoms with Crippen LogP contribution in [0.25, 0.3) is 22.0 Å². The number of carboxylic acid groups (broad SMARTS) is 1. The summed E-state index contributed by atoms with van der Waals surface area (Å²) in [6.45, 7) is 12.7. The number of hydrogen-bond donors (Lipinski definition) is 2. The number of halogens is 2. The maximum Gasteiger partial charge on any atom is 0.290 e. The highest BCUT2D eigenvalue weighted by atomic mass is 19.3. The Morgan fingerprint density at radius 1 is 1.12 bits per heavy atom. The van der Waals surface area contributed by atoms with E-state index in [9.17, 15) is 8.78 Å². The second-order valence-electron chi connectivity index (χ2n) is 9.53. The number of carbonyl (C=O) groups is 1. The first-order valence-electron chi connectivity index (χ1n) is 11.4. The third kappa shape index (κ3) is 5.95. The minimum Gasteiger partial charge on any atom is -0.483 e. The SMILES string of the molecule is CC(C)(C)O.CCc1c(C)c2c3c(cc(C(F)F)n3CCN2C)c1-c1ccc(C)cc1.O=CO. The second kappa shape index (κ2) is 11.0. The molecule has 0 fully saturated rings. The summed E-state index contributed by atoms with van der Waals surface area (Å²) in [5, 5.41) is 16.4. The van der Waals surface area contributed by atoms with Crippen molar-refractivity contribution in [2.45, 2.75) is 66.5 Å². The van der Waals surface area contributed by atoms with Crippen LogP contribution in [-0.4, -0.2) is 40.4 Å². The highest BCUT2D eigenvalue weighted by molar-refractivity contribution is 6.06. The van der Waals surface area contributed by atoms with Gasteiger partial charge in [0.05, 0.1) is 22.5 Å². The van der Waals surface area contributed by atoms with Crippen molar-refractivity contribution < 1.29 is 23.8 Å². The molecule has 0 aliphatic carbocycles. The molecule has 4 rings (SSSR count). The third-order valence-corrected chi connectivity index (χ3v) is 5.69. The first kappa shape index (κ1) is 27.3. The third-order valence-electron chi connectivity index (χ3n) is 5.69. The lowest BCUT2D eigenvalue weighted by molar-refractivity contribution is -0.122. The van der Waals surface area contributed by atoms with E-state index >= 15 is 0 Å². The number of likely N-dealkylation sites (N-methyl/N-ethyl adjacent to an activating group) is 1. The summed E-state index contributed by atoms with van der Waals surface area (Å²) < 4.78 is 29.3. The minimum atomic E-state index is -2.46. The van der Waals surface area contributed by atoms with Gasteiger partial charge in [0.25, 0.3) is 12.9 Å². The second-order valence-corrected chi connectivity index (χ2v) is 9.53. The fraction of sp³-hybridized carbons (Fsp3) is 0.444. The lowest BCUT2D eigenvalue weighted by Crippen LogP contribution is -2.29. The van der Waals surface area contributed by atoms with E-state index in [-0.39, 0.29) is 12.2 Å². The van der Waals surface area contributed by atoms with Crippen LogP contribution >= 0.6 is 0 Å². The van der Waals surface area contributed by atoms with Crippen LogP contribution in [0.2, 0.25) is 0 Å². The molecule has 1 aliphatic rings. The molecule has 3 aromatic rings. The molecular weight excluding hydrogens is 438 g/mol. The topological polar surface area (TPSA) is 65.7 Å². The van der Waals surface area contributed by atoms with E-state index in [1.54, 1.807) is 26.8 Å².